The highest BCUT2D eigenvalue weighted by molar-refractivity contribution is 5.53. The van der Waals surface area contributed by atoms with Gasteiger partial charge in [0.05, 0.1) is 12.3 Å². The van der Waals surface area contributed by atoms with Gasteiger partial charge in [-0.3, -0.25) is 0 Å². The number of hydrogen-bond acceptors (Lipinski definition) is 3. The Kier molecular flexibility index (Phi) is 5.54. The van der Waals surface area contributed by atoms with Crippen LogP contribution in [0.4, 0.5) is 0 Å². The van der Waals surface area contributed by atoms with Crippen LogP contribution in [0.2, 0.25) is 0 Å². The van der Waals surface area contributed by atoms with Crippen LogP contribution in [-0.4, -0.2) is 11.6 Å². The number of aryl methyl sites for hydroxylation is 3. The second-order valence-corrected chi connectivity index (χ2v) is 6.33. The predicted molar refractivity (Wildman–Crippen MR) is 101 cm³/mol. The van der Waals surface area contributed by atoms with Crippen molar-refractivity contribution < 1.29 is 9.15 Å². The summed E-state index contributed by atoms with van der Waals surface area (Å²) in [6.45, 7) is 6.91. The third-order valence-corrected chi connectivity index (χ3v) is 4.34. The molecule has 0 aliphatic rings. The molecule has 0 saturated carbocycles. The summed E-state index contributed by atoms with van der Waals surface area (Å²) >= 11 is 0. The first kappa shape index (κ1) is 17.3. The van der Waals surface area contributed by atoms with Crippen LogP contribution in [0.25, 0.3) is 11.5 Å². The van der Waals surface area contributed by atoms with E-state index >= 15 is 0 Å². The van der Waals surface area contributed by atoms with Crippen molar-refractivity contribution in [1.29, 1.82) is 0 Å². The number of aromatic nitrogens is 1. The lowest BCUT2D eigenvalue weighted by atomic mass is 10.0. The maximum atomic E-state index is 5.92. The van der Waals surface area contributed by atoms with Crippen LogP contribution in [0.3, 0.4) is 0 Å². The molecule has 130 valence electrons. The van der Waals surface area contributed by atoms with Gasteiger partial charge in [0.25, 0.3) is 0 Å². The van der Waals surface area contributed by atoms with Gasteiger partial charge >= 0.3 is 0 Å². The van der Waals surface area contributed by atoms with Crippen LogP contribution in [-0.2, 0) is 12.8 Å². The van der Waals surface area contributed by atoms with E-state index in [1.54, 1.807) is 0 Å². The molecule has 0 aliphatic heterocycles. The summed E-state index contributed by atoms with van der Waals surface area (Å²) in [6, 6.07) is 16.3. The lowest BCUT2D eigenvalue weighted by molar-refractivity contribution is 0.309. The van der Waals surface area contributed by atoms with Crippen molar-refractivity contribution in [2.24, 2.45) is 0 Å². The van der Waals surface area contributed by atoms with Crippen molar-refractivity contribution in [3.8, 4) is 17.2 Å². The standard InChI is InChI=1S/C22H25NO2/c1-4-8-18-11-12-20(15-16(18)2)24-14-13-21-17(3)23-22(25-21)19-9-6-5-7-10-19/h5-7,9-12,15H,4,8,13-14H2,1-3H3. The highest BCUT2D eigenvalue weighted by Gasteiger charge is 2.11. The molecule has 1 heterocycles. The molecule has 0 fully saturated rings. The third kappa shape index (κ3) is 4.30. The first-order valence-electron chi connectivity index (χ1n) is 8.91. The second kappa shape index (κ2) is 8.02. The zero-order valence-corrected chi connectivity index (χ0v) is 15.2. The number of ether oxygens (including phenoxy) is 1. The highest BCUT2D eigenvalue weighted by Crippen LogP contribution is 2.23. The van der Waals surface area contributed by atoms with E-state index in [1.165, 1.54) is 11.1 Å². The van der Waals surface area contributed by atoms with E-state index in [-0.39, 0.29) is 0 Å². The van der Waals surface area contributed by atoms with Crippen molar-refractivity contribution in [1.82, 2.24) is 4.98 Å². The Labute approximate surface area is 149 Å². The lowest BCUT2D eigenvalue weighted by Gasteiger charge is -2.09. The van der Waals surface area contributed by atoms with Crippen LogP contribution in [0.1, 0.15) is 35.9 Å². The normalized spacial score (nSPS) is 10.8. The molecule has 1 aromatic heterocycles. The van der Waals surface area contributed by atoms with E-state index < -0.39 is 0 Å². The molecule has 0 N–H and O–H groups in total. The monoisotopic (exact) mass is 335 g/mol. The number of rotatable bonds is 7. The van der Waals surface area contributed by atoms with Gasteiger partial charge in [0.1, 0.15) is 11.5 Å². The molecule has 0 atom stereocenters. The van der Waals surface area contributed by atoms with Crippen LogP contribution < -0.4 is 4.74 Å². The number of oxazole rings is 1. The summed E-state index contributed by atoms with van der Waals surface area (Å²) in [7, 11) is 0. The van der Waals surface area contributed by atoms with E-state index in [4.69, 9.17) is 9.15 Å². The molecule has 0 amide bonds. The molecule has 2 aromatic carbocycles. The van der Waals surface area contributed by atoms with Crippen molar-refractivity contribution in [3.63, 3.8) is 0 Å². The minimum absolute atomic E-state index is 0.580. The number of benzene rings is 2. The maximum absolute atomic E-state index is 5.92. The Morgan fingerprint density at radius 1 is 1.00 bits per heavy atom. The van der Waals surface area contributed by atoms with Gasteiger partial charge in [0.2, 0.25) is 5.89 Å². The Hall–Kier alpha value is -2.55. The van der Waals surface area contributed by atoms with Crippen LogP contribution in [0, 0.1) is 13.8 Å². The molecule has 3 aromatic rings. The topological polar surface area (TPSA) is 35.3 Å². The van der Waals surface area contributed by atoms with Gasteiger partial charge in [-0.05, 0) is 55.7 Å². The first-order chi connectivity index (χ1) is 12.2. The fourth-order valence-electron chi connectivity index (χ4n) is 2.93. The smallest absolute Gasteiger partial charge is 0.226 e. The van der Waals surface area contributed by atoms with Gasteiger partial charge < -0.3 is 9.15 Å². The van der Waals surface area contributed by atoms with Gasteiger partial charge in [-0.25, -0.2) is 4.98 Å². The van der Waals surface area contributed by atoms with Crippen molar-refractivity contribution in [2.45, 2.75) is 40.0 Å². The van der Waals surface area contributed by atoms with Crippen LogP contribution in [0.15, 0.2) is 52.9 Å². The van der Waals surface area contributed by atoms with Gasteiger partial charge in [-0.2, -0.15) is 0 Å². The summed E-state index contributed by atoms with van der Waals surface area (Å²) in [6.07, 6.45) is 2.99. The molecule has 0 bridgehead atoms. The SMILES string of the molecule is CCCc1ccc(OCCc2oc(-c3ccccc3)nc2C)cc1C. The zero-order valence-electron chi connectivity index (χ0n) is 15.2. The number of hydrogen-bond donors (Lipinski definition) is 0. The van der Waals surface area contributed by atoms with E-state index in [0.29, 0.717) is 18.9 Å². The van der Waals surface area contributed by atoms with Gasteiger partial charge in [0, 0.05) is 12.0 Å². The molecule has 0 aliphatic carbocycles. The largest absolute Gasteiger partial charge is 0.493 e. The Morgan fingerprint density at radius 2 is 1.80 bits per heavy atom. The summed E-state index contributed by atoms with van der Waals surface area (Å²) in [5.41, 5.74) is 4.62. The Bertz CT molecular complexity index is 821. The molecule has 3 heteroatoms. The maximum Gasteiger partial charge on any atom is 0.226 e. The fraction of sp³-hybridized carbons (Fsp3) is 0.318. The Balaban J connectivity index is 1.61. The van der Waals surface area contributed by atoms with Crippen molar-refractivity contribution in [2.75, 3.05) is 6.61 Å². The lowest BCUT2D eigenvalue weighted by Crippen LogP contribution is -2.02. The average Bonchev–Trinajstić information content (AvgIpc) is 2.99. The fourth-order valence-corrected chi connectivity index (χ4v) is 2.93. The van der Waals surface area contributed by atoms with Crippen molar-refractivity contribution >= 4 is 0 Å². The zero-order chi connectivity index (χ0) is 17.6. The molecule has 0 spiro atoms. The molecule has 0 radical (unpaired) electrons. The average molecular weight is 335 g/mol. The molecule has 0 saturated heterocycles. The molecular formula is C22H25NO2. The minimum atomic E-state index is 0.580. The summed E-state index contributed by atoms with van der Waals surface area (Å²) in [5.74, 6) is 2.48. The van der Waals surface area contributed by atoms with E-state index in [1.807, 2.05) is 37.3 Å². The van der Waals surface area contributed by atoms with E-state index in [0.717, 1.165) is 35.6 Å². The van der Waals surface area contributed by atoms with Crippen molar-refractivity contribution in [3.05, 3.63) is 71.1 Å². The highest BCUT2D eigenvalue weighted by atomic mass is 16.5. The first-order valence-corrected chi connectivity index (χ1v) is 8.91. The summed E-state index contributed by atoms with van der Waals surface area (Å²) in [5, 5.41) is 0. The van der Waals surface area contributed by atoms with Crippen LogP contribution in [0.5, 0.6) is 5.75 Å². The van der Waals surface area contributed by atoms with E-state index in [2.05, 4.69) is 37.0 Å². The van der Waals surface area contributed by atoms with Gasteiger partial charge in [-0.15, -0.1) is 0 Å². The van der Waals surface area contributed by atoms with E-state index in [9.17, 15) is 0 Å². The summed E-state index contributed by atoms with van der Waals surface area (Å²) in [4.78, 5) is 4.53. The molecular weight excluding hydrogens is 310 g/mol. The molecule has 0 unspecified atom stereocenters. The minimum Gasteiger partial charge on any atom is -0.493 e. The second-order valence-electron chi connectivity index (χ2n) is 6.33. The molecule has 3 nitrogen and oxygen atoms in total. The third-order valence-electron chi connectivity index (χ3n) is 4.34. The molecule has 3 rings (SSSR count). The Morgan fingerprint density at radius 3 is 2.52 bits per heavy atom. The predicted octanol–water partition coefficient (Wildman–Crippen LogP) is 5.53. The van der Waals surface area contributed by atoms with Gasteiger partial charge in [0.15, 0.2) is 0 Å². The van der Waals surface area contributed by atoms with Crippen LogP contribution >= 0.6 is 0 Å². The molecule has 25 heavy (non-hydrogen) atoms. The van der Waals surface area contributed by atoms with Gasteiger partial charge in [-0.1, -0.05) is 37.6 Å². The quantitative estimate of drug-likeness (QED) is 0.569. The summed E-state index contributed by atoms with van der Waals surface area (Å²) < 4.78 is 11.8. The number of nitrogens with zero attached hydrogens (tertiary/aromatic N) is 1.